The molecule has 4 nitrogen and oxygen atoms in total. The Labute approximate surface area is 178 Å². The average Bonchev–Trinajstić information content (AvgIpc) is 2.61. The smallest absolute Gasteiger partial charge is 0.123 e. The molecule has 1 saturated carbocycles. The Kier molecular flexibility index (Phi) is 9.29. The molecule has 1 N–H and O–H groups in total. The van der Waals surface area contributed by atoms with Crippen molar-refractivity contribution in [2.75, 3.05) is 13.2 Å². The molecule has 0 spiro atoms. The number of unbranched alkanes of at least 4 members (excludes halogenated alkanes) is 2. The summed E-state index contributed by atoms with van der Waals surface area (Å²) in [7, 11) is 0. The molecule has 29 heavy (non-hydrogen) atoms. The molecular weight excluding hydrogens is 362 g/mol. The van der Waals surface area contributed by atoms with Crippen molar-refractivity contribution in [3.63, 3.8) is 0 Å². The summed E-state index contributed by atoms with van der Waals surface area (Å²) in [5.41, 5.74) is 0.142. The van der Waals surface area contributed by atoms with E-state index in [1.807, 2.05) is 24.3 Å². The van der Waals surface area contributed by atoms with Gasteiger partial charge in [0.1, 0.15) is 11.5 Å². The van der Waals surface area contributed by atoms with Crippen molar-refractivity contribution in [2.45, 2.75) is 110 Å². The molecule has 2 rings (SSSR count). The van der Waals surface area contributed by atoms with Crippen molar-refractivity contribution in [1.29, 1.82) is 0 Å². The maximum absolute atomic E-state index is 6.22. The van der Waals surface area contributed by atoms with Gasteiger partial charge in [-0.3, -0.25) is 0 Å². The van der Waals surface area contributed by atoms with E-state index in [0.717, 1.165) is 56.8 Å². The van der Waals surface area contributed by atoms with E-state index in [0.29, 0.717) is 6.10 Å². The van der Waals surface area contributed by atoms with Crippen LogP contribution in [0, 0.1) is 0 Å². The lowest BCUT2D eigenvalue weighted by Gasteiger charge is -2.33. The zero-order valence-corrected chi connectivity index (χ0v) is 19.6. The Morgan fingerprint density at radius 2 is 1.52 bits per heavy atom. The molecule has 1 aliphatic carbocycles. The van der Waals surface area contributed by atoms with Gasteiger partial charge in [-0.1, -0.05) is 6.07 Å². The lowest BCUT2D eigenvalue weighted by molar-refractivity contribution is -0.0832. The highest BCUT2D eigenvalue weighted by molar-refractivity contribution is 5.33. The fourth-order valence-electron chi connectivity index (χ4n) is 3.65. The van der Waals surface area contributed by atoms with Gasteiger partial charge in [0.15, 0.2) is 0 Å². The maximum Gasteiger partial charge on any atom is 0.123 e. The Balaban J connectivity index is 1.64. The zero-order chi connectivity index (χ0) is 21.3. The van der Waals surface area contributed by atoms with Crippen molar-refractivity contribution < 1.29 is 14.2 Å². The second kappa shape index (κ2) is 11.2. The standard InChI is InChI=1S/C25H43NO3/c1-24(2,3)26-17-8-7-9-18-27-22-11-10-12-23(19-22)28-20-13-15-21(16-14-20)29-25(4,5)6/h10-12,19-21,26H,7-9,13-18H2,1-6H3. The predicted molar refractivity (Wildman–Crippen MR) is 121 cm³/mol. The molecule has 1 aliphatic rings. The first-order valence-electron chi connectivity index (χ1n) is 11.4. The number of hydrogen-bond donors (Lipinski definition) is 1. The van der Waals surface area contributed by atoms with Gasteiger partial charge in [0.25, 0.3) is 0 Å². The van der Waals surface area contributed by atoms with Crippen LogP contribution < -0.4 is 14.8 Å². The van der Waals surface area contributed by atoms with Crippen molar-refractivity contribution in [3.05, 3.63) is 24.3 Å². The van der Waals surface area contributed by atoms with Gasteiger partial charge >= 0.3 is 0 Å². The Morgan fingerprint density at radius 3 is 2.17 bits per heavy atom. The third-order valence-corrected chi connectivity index (χ3v) is 4.99. The van der Waals surface area contributed by atoms with Gasteiger partial charge in [0, 0.05) is 11.6 Å². The average molecular weight is 406 g/mol. The molecule has 4 heteroatoms. The quantitative estimate of drug-likeness (QED) is 0.475. The van der Waals surface area contributed by atoms with Crippen molar-refractivity contribution >= 4 is 0 Å². The molecule has 0 amide bonds. The number of ether oxygens (including phenoxy) is 3. The van der Waals surface area contributed by atoms with Crippen LogP contribution in [0.1, 0.15) is 86.5 Å². The van der Waals surface area contributed by atoms with Gasteiger partial charge in [-0.25, -0.2) is 0 Å². The number of rotatable bonds is 10. The molecule has 1 aromatic rings. The summed E-state index contributed by atoms with van der Waals surface area (Å²) in [5, 5.41) is 3.53. The summed E-state index contributed by atoms with van der Waals surface area (Å²) in [5.74, 6) is 1.82. The van der Waals surface area contributed by atoms with Gasteiger partial charge < -0.3 is 19.5 Å². The van der Waals surface area contributed by atoms with Crippen LogP contribution in [0.15, 0.2) is 24.3 Å². The summed E-state index contributed by atoms with van der Waals surface area (Å²) in [6.45, 7) is 14.8. The highest BCUT2D eigenvalue weighted by atomic mass is 16.5. The molecular formula is C25H43NO3. The second-order valence-electron chi connectivity index (χ2n) is 10.3. The van der Waals surface area contributed by atoms with E-state index >= 15 is 0 Å². The van der Waals surface area contributed by atoms with Gasteiger partial charge in [0.2, 0.25) is 0 Å². The molecule has 166 valence electrons. The molecule has 1 aromatic carbocycles. The van der Waals surface area contributed by atoms with Crippen LogP contribution in [0.25, 0.3) is 0 Å². The van der Waals surface area contributed by atoms with E-state index in [1.54, 1.807) is 0 Å². The first-order valence-corrected chi connectivity index (χ1v) is 11.4. The van der Waals surface area contributed by atoms with Crippen molar-refractivity contribution in [3.8, 4) is 11.5 Å². The van der Waals surface area contributed by atoms with Crippen LogP contribution in [0.2, 0.25) is 0 Å². The van der Waals surface area contributed by atoms with E-state index in [2.05, 4.69) is 46.9 Å². The predicted octanol–water partition coefficient (Wildman–Crippen LogP) is 6.13. The third-order valence-electron chi connectivity index (χ3n) is 4.99. The van der Waals surface area contributed by atoms with Gasteiger partial charge in [-0.05, 0) is 105 Å². The summed E-state index contributed by atoms with van der Waals surface area (Å²) in [6, 6.07) is 8.09. The first kappa shape index (κ1) is 24.0. The largest absolute Gasteiger partial charge is 0.493 e. The molecule has 0 unspecified atom stereocenters. The van der Waals surface area contributed by atoms with E-state index in [-0.39, 0.29) is 17.2 Å². The lowest BCUT2D eigenvalue weighted by Crippen LogP contribution is -2.36. The normalized spacial score (nSPS) is 20.5. The van der Waals surface area contributed by atoms with Gasteiger partial charge in [0.05, 0.1) is 24.4 Å². The molecule has 0 heterocycles. The van der Waals surface area contributed by atoms with Gasteiger partial charge in [-0.2, -0.15) is 0 Å². The van der Waals surface area contributed by atoms with Crippen LogP contribution in [0.5, 0.6) is 11.5 Å². The van der Waals surface area contributed by atoms with Crippen LogP contribution in [0.4, 0.5) is 0 Å². The fraction of sp³-hybridized carbons (Fsp3) is 0.760. The molecule has 0 radical (unpaired) electrons. The van der Waals surface area contributed by atoms with Gasteiger partial charge in [-0.15, -0.1) is 0 Å². The topological polar surface area (TPSA) is 39.7 Å². The molecule has 0 saturated heterocycles. The lowest BCUT2D eigenvalue weighted by atomic mass is 9.94. The minimum absolute atomic E-state index is 0.0624. The fourth-order valence-corrected chi connectivity index (χ4v) is 3.65. The summed E-state index contributed by atoms with van der Waals surface area (Å²) in [4.78, 5) is 0. The van der Waals surface area contributed by atoms with Crippen LogP contribution in [0.3, 0.4) is 0 Å². The Bertz CT molecular complexity index is 580. The SMILES string of the molecule is CC(C)(C)NCCCCCOc1cccc(OC2CCC(OC(C)(C)C)CC2)c1. The minimum Gasteiger partial charge on any atom is -0.493 e. The summed E-state index contributed by atoms with van der Waals surface area (Å²) < 4.78 is 18.3. The third kappa shape index (κ3) is 10.9. The number of hydrogen-bond acceptors (Lipinski definition) is 4. The highest BCUT2D eigenvalue weighted by Crippen LogP contribution is 2.29. The Hall–Kier alpha value is -1.26. The zero-order valence-electron chi connectivity index (χ0n) is 19.6. The van der Waals surface area contributed by atoms with Crippen LogP contribution >= 0.6 is 0 Å². The number of nitrogens with one attached hydrogen (secondary N) is 1. The first-order chi connectivity index (χ1) is 13.6. The second-order valence-corrected chi connectivity index (χ2v) is 10.3. The molecule has 0 aromatic heterocycles. The van der Waals surface area contributed by atoms with E-state index in [4.69, 9.17) is 14.2 Å². The van der Waals surface area contributed by atoms with E-state index in [1.165, 1.54) is 12.8 Å². The van der Waals surface area contributed by atoms with Crippen molar-refractivity contribution in [2.24, 2.45) is 0 Å². The minimum atomic E-state index is -0.0624. The molecule has 1 fully saturated rings. The maximum atomic E-state index is 6.22. The van der Waals surface area contributed by atoms with Crippen molar-refractivity contribution in [1.82, 2.24) is 5.32 Å². The van der Waals surface area contributed by atoms with E-state index in [9.17, 15) is 0 Å². The van der Waals surface area contributed by atoms with Crippen LogP contribution in [-0.4, -0.2) is 36.5 Å². The Morgan fingerprint density at radius 1 is 0.862 bits per heavy atom. The molecule has 0 bridgehead atoms. The summed E-state index contributed by atoms with van der Waals surface area (Å²) in [6.07, 6.45) is 8.33. The number of benzene rings is 1. The molecule has 0 atom stereocenters. The van der Waals surface area contributed by atoms with Crippen LogP contribution in [-0.2, 0) is 4.74 Å². The monoisotopic (exact) mass is 405 g/mol. The highest BCUT2D eigenvalue weighted by Gasteiger charge is 2.26. The molecule has 0 aliphatic heterocycles. The summed E-state index contributed by atoms with van der Waals surface area (Å²) >= 11 is 0. The van der Waals surface area contributed by atoms with E-state index < -0.39 is 0 Å².